The van der Waals surface area contributed by atoms with Crippen LogP contribution in [-0.2, 0) is 9.59 Å². The van der Waals surface area contributed by atoms with Gasteiger partial charge in [0.15, 0.2) is 0 Å². The van der Waals surface area contributed by atoms with Crippen molar-refractivity contribution in [3.63, 3.8) is 0 Å². The molecule has 3 rings (SSSR count). The van der Waals surface area contributed by atoms with Crippen molar-refractivity contribution in [2.75, 3.05) is 26.2 Å². The molecule has 26 heavy (non-hydrogen) atoms. The van der Waals surface area contributed by atoms with Crippen LogP contribution in [0.2, 0.25) is 0 Å². The number of nitrogens with one attached hydrogen (secondary N) is 3. The average molecular weight is 385 g/mol. The number of amides is 4. The maximum absolute atomic E-state index is 12.8. The van der Waals surface area contributed by atoms with E-state index in [1.54, 1.807) is 0 Å². The van der Waals surface area contributed by atoms with Crippen LogP contribution in [0.3, 0.4) is 0 Å². The maximum Gasteiger partial charge on any atom is 0.325 e. The third kappa shape index (κ3) is 4.38. The Labute approximate surface area is 160 Å². The first-order valence-corrected chi connectivity index (χ1v) is 9.33. The standard InChI is InChI=1S/C18H28N4O3.ClH/c1-2-13-3-7-18(8-4-13)16(24)22(17(25)21-18)12-15(23)20-11-14-5-9-19-10-6-14;/h5,13,19H,2-4,6-12H2,1H3,(H,20,23)(H,21,25);1H. The number of carbonyl (C=O) groups is 3. The molecular weight excluding hydrogens is 356 g/mol. The van der Waals surface area contributed by atoms with Gasteiger partial charge in [0.05, 0.1) is 0 Å². The van der Waals surface area contributed by atoms with Crippen LogP contribution < -0.4 is 16.0 Å². The first-order valence-electron chi connectivity index (χ1n) is 9.33. The summed E-state index contributed by atoms with van der Waals surface area (Å²) in [5.41, 5.74) is 0.402. The van der Waals surface area contributed by atoms with Gasteiger partial charge >= 0.3 is 6.03 Å². The van der Waals surface area contributed by atoms with E-state index in [1.165, 1.54) is 5.57 Å². The normalized spacial score (nSPS) is 28.4. The molecular formula is C18H29ClN4O3. The van der Waals surface area contributed by atoms with Gasteiger partial charge in [-0.15, -0.1) is 12.4 Å². The van der Waals surface area contributed by atoms with Gasteiger partial charge in [-0.25, -0.2) is 4.79 Å². The van der Waals surface area contributed by atoms with Gasteiger partial charge < -0.3 is 16.0 Å². The van der Waals surface area contributed by atoms with Crippen LogP contribution in [0.15, 0.2) is 11.6 Å². The van der Waals surface area contributed by atoms with Crippen molar-refractivity contribution < 1.29 is 14.4 Å². The summed E-state index contributed by atoms with van der Waals surface area (Å²) in [6.45, 7) is 4.17. The summed E-state index contributed by atoms with van der Waals surface area (Å²) >= 11 is 0. The zero-order chi connectivity index (χ0) is 17.9. The van der Waals surface area contributed by atoms with Crippen LogP contribution in [-0.4, -0.2) is 54.5 Å². The second-order valence-electron chi connectivity index (χ2n) is 7.35. The molecule has 1 aliphatic carbocycles. The van der Waals surface area contributed by atoms with Crippen LogP contribution in [0.5, 0.6) is 0 Å². The van der Waals surface area contributed by atoms with Crippen molar-refractivity contribution in [3.8, 4) is 0 Å². The molecule has 0 unspecified atom stereocenters. The molecule has 2 aliphatic heterocycles. The van der Waals surface area contributed by atoms with Gasteiger partial charge in [-0.2, -0.15) is 0 Å². The molecule has 4 amide bonds. The van der Waals surface area contributed by atoms with E-state index < -0.39 is 11.6 Å². The van der Waals surface area contributed by atoms with Gasteiger partial charge in [0.1, 0.15) is 12.1 Å². The highest BCUT2D eigenvalue weighted by atomic mass is 35.5. The van der Waals surface area contributed by atoms with E-state index in [-0.39, 0.29) is 30.8 Å². The predicted octanol–water partition coefficient (Wildman–Crippen LogP) is 1.33. The van der Waals surface area contributed by atoms with Crippen molar-refractivity contribution >= 4 is 30.3 Å². The Hall–Kier alpha value is -1.60. The minimum absolute atomic E-state index is 0. The number of imide groups is 1. The summed E-state index contributed by atoms with van der Waals surface area (Å²) in [7, 11) is 0. The molecule has 0 aromatic carbocycles. The van der Waals surface area contributed by atoms with E-state index >= 15 is 0 Å². The Kier molecular flexibility index (Phi) is 7.06. The Morgan fingerprint density at radius 2 is 2.08 bits per heavy atom. The zero-order valence-electron chi connectivity index (χ0n) is 15.3. The summed E-state index contributed by atoms with van der Waals surface area (Å²) in [6, 6.07) is -0.434. The average Bonchev–Trinajstić information content (AvgIpc) is 2.86. The predicted molar refractivity (Wildman–Crippen MR) is 101 cm³/mol. The lowest BCUT2D eigenvalue weighted by molar-refractivity contribution is -0.136. The lowest BCUT2D eigenvalue weighted by atomic mass is 9.75. The summed E-state index contributed by atoms with van der Waals surface area (Å²) in [5, 5.41) is 8.90. The smallest absolute Gasteiger partial charge is 0.325 e. The van der Waals surface area contributed by atoms with E-state index in [1.807, 2.05) is 0 Å². The number of halogens is 1. The minimum Gasteiger partial charge on any atom is -0.351 e. The first kappa shape index (κ1) is 20.7. The zero-order valence-corrected chi connectivity index (χ0v) is 16.1. The Balaban J connectivity index is 0.00000243. The molecule has 3 N–H and O–H groups in total. The molecule has 2 heterocycles. The van der Waals surface area contributed by atoms with E-state index in [0.717, 1.165) is 43.7 Å². The fourth-order valence-electron chi connectivity index (χ4n) is 3.98. The molecule has 1 saturated carbocycles. The third-order valence-electron chi connectivity index (χ3n) is 5.75. The highest BCUT2D eigenvalue weighted by molar-refractivity contribution is 6.09. The quantitative estimate of drug-likeness (QED) is 0.492. The van der Waals surface area contributed by atoms with E-state index in [2.05, 4.69) is 29.0 Å². The fraction of sp³-hybridized carbons (Fsp3) is 0.722. The number of rotatable bonds is 5. The molecule has 7 nitrogen and oxygen atoms in total. The van der Waals surface area contributed by atoms with Gasteiger partial charge in [0, 0.05) is 13.1 Å². The van der Waals surface area contributed by atoms with Gasteiger partial charge in [0.2, 0.25) is 5.91 Å². The summed E-state index contributed by atoms with van der Waals surface area (Å²) in [4.78, 5) is 38.3. The van der Waals surface area contributed by atoms with E-state index in [9.17, 15) is 14.4 Å². The van der Waals surface area contributed by atoms with Gasteiger partial charge in [-0.1, -0.05) is 25.0 Å². The Morgan fingerprint density at radius 3 is 2.69 bits per heavy atom. The van der Waals surface area contributed by atoms with Crippen LogP contribution in [0.4, 0.5) is 4.79 Å². The second kappa shape index (κ2) is 8.86. The monoisotopic (exact) mass is 384 g/mol. The summed E-state index contributed by atoms with van der Waals surface area (Å²) < 4.78 is 0. The molecule has 0 atom stereocenters. The first-order chi connectivity index (χ1) is 12.0. The van der Waals surface area contributed by atoms with Crippen molar-refractivity contribution in [1.29, 1.82) is 0 Å². The fourth-order valence-corrected chi connectivity index (χ4v) is 3.98. The molecule has 1 saturated heterocycles. The lowest BCUT2D eigenvalue weighted by Gasteiger charge is -2.34. The molecule has 0 aromatic heterocycles. The van der Waals surface area contributed by atoms with Crippen molar-refractivity contribution in [3.05, 3.63) is 11.6 Å². The molecule has 0 aromatic rings. The molecule has 8 heteroatoms. The Bertz CT molecular complexity index is 585. The van der Waals surface area contributed by atoms with Gasteiger partial charge in [0.25, 0.3) is 5.91 Å². The SMILES string of the molecule is CCC1CCC2(CC1)NC(=O)N(CC(=O)NCC1=CCNCC1)C2=O.Cl. The number of nitrogens with zero attached hydrogens (tertiary/aromatic N) is 1. The molecule has 0 radical (unpaired) electrons. The number of carbonyl (C=O) groups excluding carboxylic acids is 3. The van der Waals surface area contributed by atoms with Crippen LogP contribution in [0.1, 0.15) is 45.4 Å². The van der Waals surface area contributed by atoms with Crippen molar-refractivity contribution in [2.24, 2.45) is 5.92 Å². The lowest BCUT2D eigenvalue weighted by Crippen LogP contribution is -2.50. The minimum atomic E-state index is -0.777. The topological polar surface area (TPSA) is 90.5 Å². The third-order valence-corrected chi connectivity index (χ3v) is 5.75. The molecule has 1 spiro atoms. The van der Waals surface area contributed by atoms with Crippen LogP contribution >= 0.6 is 12.4 Å². The maximum atomic E-state index is 12.8. The highest BCUT2D eigenvalue weighted by Gasteiger charge is 2.52. The summed E-state index contributed by atoms with van der Waals surface area (Å²) in [5.74, 6) is 0.108. The van der Waals surface area contributed by atoms with Crippen LogP contribution in [0, 0.1) is 5.92 Å². The molecule has 146 valence electrons. The number of hydrogen-bond acceptors (Lipinski definition) is 4. The van der Waals surface area contributed by atoms with Gasteiger partial charge in [-0.3, -0.25) is 14.5 Å². The van der Waals surface area contributed by atoms with E-state index in [4.69, 9.17) is 0 Å². The molecule has 0 bridgehead atoms. The van der Waals surface area contributed by atoms with Crippen molar-refractivity contribution in [1.82, 2.24) is 20.9 Å². The number of hydrogen-bond donors (Lipinski definition) is 3. The molecule has 2 fully saturated rings. The molecule has 3 aliphatic rings. The second-order valence-corrected chi connectivity index (χ2v) is 7.35. The van der Waals surface area contributed by atoms with Crippen molar-refractivity contribution in [2.45, 2.75) is 51.0 Å². The Morgan fingerprint density at radius 1 is 1.35 bits per heavy atom. The van der Waals surface area contributed by atoms with E-state index in [0.29, 0.717) is 25.3 Å². The summed E-state index contributed by atoms with van der Waals surface area (Å²) in [6.07, 6.45) is 7.33. The highest BCUT2D eigenvalue weighted by Crippen LogP contribution is 2.37. The number of urea groups is 1. The largest absolute Gasteiger partial charge is 0.351 e. The van der Waals surface area contributed by atoms with Gasteiger partial charge in [-0.05, 0) is 44.6 Å². The van der Waals surface area contributed by atoms with Crippen LogP contribution in [0.25, 0.3) is 0 Å².